The zero-order chi connectivity index (χ0) is 22.1. The molecule has 0 aliphatic carbocycles. The van der Waals surface area contributed by atoms with Crippen molar-refractivity contribution in [1.29, 1.82) is 0 Å². The van der Waals surface area contributed by atoms with Crippen molar-refractivity contribution < 1.29 is 18.9 Å². The smallest absolute Gasteiger partial charge is 0.203 e. The molecule has 8 heteroatoms. The maximum Gasteiger partial charge on any atom is 0.203 e. The van der Waals surface area contributed by atoms with E-state index in [-0.39, 0.29) is 0 Å². The van der Waals surface area contributed by atoms with Gasteiger partial charge in [0.05, 0.1) is 21.3 Å². The molecular weight excluding hydrogens is 424 g/mol. The third-order valence-electron chi connectivity index (χ3n) is 4.67. The summed E-state index contributed by atoms with van der Waals surface area (Å²) in [6.45, 7) is 3.88. The molecule has 0 spiro atoms. The van der Waals surface area contributed by atoms with Crippen molar-refractivity contribution in [2.45, 2.75) is 19.9 Å². The Morgan fingerprint density at radius 2 is 1.73 bits per heavy atom. The van der Waals surface area contributed by atoms with E-state index in [1.54, 1.807) is 28.4 Å². The van der Waals surface area contributed by atoms with Crippen LogP contribution in [0.25, 0.3) is 0 Å². The second-order valence-corrected chi connectivity index (χ2v) is 7.44. The van der Waals surface area contributed by atoms with Crippen LogP contribution in [0.15, 0.2) is 30.3 Å². The summed E-state index contributed by atoms with van der Waals surface area (Å²) >= 11 is 12.0. The fourth-order valence-corrected chi connectivity index (χ4v) is 3.48. The Morgan fingerprint density at radius 3 is 2.30 bits per heavy atom. The number of rotatable bonds is 10. The molecule has 1 N–H and O–H groups in total. The second kappa shape index (κ2) is 11.8. The highest BCUT2D eigenvalue weighted by Crippen LogP contribution is 2.38. The van der Waals surface area contributed by atoms with E-state index in [0.29, 0.717) is 40.5 Å². The maximum absolute atomic E-state index is 6.25. The molecule has 0 saturated heterocycles. The molecule has 164 valence electrons. The van der Waals surface area contributed by atoms with Crippen LogP contribution in [-0.2, 0) is 11.3 Å². The average molecular weight is 453 g/mol. The minimum Gasteiger partial charge on any atom is -0.493 e. The number of ether oxygens (including phenoxy) is 4. The van der Waals surface area contributed by atoms with E-state index in [1.165, 1.54) is 0 Å². The van der Waals surface area contributed by atoms with Crippen molar-refractivity contribution in [3.8, 4) is 17.2 Å². The molecule has 0 aliphatic rings. The number of hydrogen-bond donors (Lipinski definition) is 1. The van der Waals surface area contributed by atoms with Gasteiger partial charge in [-0.25, -0.2) is 0 Å². The Bertz CT molecular complexity index is 838. The predicted molar refractivity (Wildman–Crippen MR) is 125 cm³/mol. The molecule has 0 aromatic heterocycles. The number of methoxy groups -OCH3 is 4. The van der Waals surface area contributed by atoms with Gasteiger partial charge in [0.2, 0.25) is 5.75 Å². The lowest BCUT2D eigenvalue weighted by atomic mass is 10.1. The van der Waals surface area contributed by atoms with Crippen LogP contribution in [0.1, 0.15) is 17.5 Å². The van der Waals surface area contributed by atoms with Crippen LogP contribution in [0, 0.1) is 6.92 Å². The summed E-state index contributed by atoms with van der Waals surface area (Å²) in [7, 11) is 6.48. The predicted octanol–water partition coefficient (Wildman–Crippen LogP) is 4.91. The molecule has 30 heavy (non-hydrogen) atoms. The van der Waals surface area contributed by atoms with Crippen LogP contribution in [-0.4, -0.2) is 51.6 Å². The van der Waals surface area contributed by atoms with E-state index in [9.17, 15) is 0 Å². The van der Waals surface area contributed by atoms with E-state index < -0.39 is 0 Å². The quantitative estimate of drug-likeness (QED) is 0.406. The van der Waals surface area contributed by atoms with Crippen molar-refractivity contribution in [1.82, 2.24) is 4.90 Å². The topological polar surface area (TPSA) is 52.2 Å². The summed E-state index contributed by atoms with van der Waals surface area (Å²) in [4.78, 5) is 2.08. The number of benzene rings is 2. The van der Waals surface area contributed by atoms with Gasteiger partial charge in [0, 0.05) is 37.5 Å². The lowest BCUT2D eigenvalue weighted by Crippen LogP contribution is -2.35. The zero-order valence-corrected chi connectivity index (χ0v) is 19.7. The van der Waals surface area contributed by atoms with E-state index in [2.05, 4.69) is 10.2 Å². The van der Waals surface area contributed by atoms with Gasteiger partial charge in [0.1, 0.15) is 0 Å². The Morgan fingerprint density at radius 1 is 1.07 bits per heavy atom. The molecule has 0 heterocycles. The Kier molecular flexibility index (Phi) is 9.49. The maximum atomic E-state index is 6.25. The summed E-state index contributed by atoms with van der Waals surface area (Å²) < 4.78 is 21.6. The van der Waals surface area contributed by atoms with Gasteiger partial charge < -0.3 is 29.2 Å². The highest BCUT2D eigenvalue weighted by atomic mass is 35.5. The molecule has 0 aliphatic heterocycles. The van der Waals surface area contributed by atoms with Gasteiger partial charge in [-0.15, -0.1) is 0 Å². The highest BCUT2D eigenvalue weighted by Gasteiger charge is 2.17. The lowest BCUT2D eigenvalue weighted by molar-refractivity contribution is 0.185. The Balaban J connectivity index is 2.28. The number of anilines is 1. The average Bonchev–Trinajstić information content (AvgIpc) is 2.75. The summed E-state index contributed by atoms with van der Waals surface area (Å²) in [5.74, 6) is 1.77. The molecule has 2 aromatic carbocycles. The third kappa shape index (κ3) is 6.14. The van der Waals surface area contributed by atoms with E-state index in [1.807, 2.05) is 37.3 Å². The van der Waals surface area contributed by atoms with Gasteiger partial charge in [-0.3, -0.25) is 0 Å². The molecule has 0 unspecified atom stereocenters. The van der Waals surface area contributed by atoms with Crippen molar-refractivity contribution >= 4 is 34.6 Å². The normalized spacial score (nSPS) is 10.5. The van der Waals surface area contributed by atoms with Crippen molar-refractivity contribution in [2.24, 2.45) is 0 Å². The monoisotopic (exact) mass is 452 g/mol. The Labute approximate surface area is 189 Å². The van der Waals surface area contributed by atoms with Crippen molar-refractivity contribution in [3.05, 3.63) is 46.5 Å². The van der Waals surface area contributed by atoms with E-state index >= 15 is 0 Å². The molecule has 0 fully saturated rings. The number of thiocarbonyl (C=S) groups is 1. The molecule has 0 atom stereocenters. The molecule has 0 saturated carbocycles. The first-order valence-electron chi connectivity index (χ1n) is 9.54. The molecule has 0 bridgehead atoms. The van der Waals surface area contributed by atoms with Gasteiger partial charge in [0.25, 0.3) is 0 Å². The fraction of sp³-hybridized carbons (Fsp3) is 0.409. The van der Waals surface area contributed by atoms with Crippen LogP contribution in [0.5, 0.6) is 17.2 Å². The summed E-state index contributed by atoms with van der Waals surface area (Å²) in [6.07, 6.45) is 0.831. The van der Waals surface area contributed by atoms with Crippen LogP contribution in [0.2, 0.25) is 5.02 Å². The zero-order valence-electron chi connectivity index (χ0n) is 18.1. The minimum absolute atomic E-state index is 0.560. The Hall–Kier alpha value is -2.22. The first-order chi connectivity index (χ1) is 14.4. The molecule has 6 nitrogen and oxygen atoms in total. The fourth-order valence-electron chi connectivity index (χ4n) is 3.04. The first-order valence-corrected chi connectivity index (χ1v) is 10.3. The molecular formula is C22H29ClN2O4S. The van der Waals surface area contributed by atoms with Crippen LogP contribution < -0.4 is 19.5 Å². The molecule has 0 radical (unpaired) electrons. The summed E-state index contributed by atoms with van der Waals surface area (Å²) in [5.41, 5.74) is 2.81. The van der Waals surface area contributed by atoms with E-state index in [0.717, 1.165) is 29.8 Å². The largest absolute Gasteiger partial charge is 0.493 e. The van der Waals surface area contributed by atoms with Crippen LogP contribution >= 0.6 is 23.8 Å². The summed E-state index contributed by atoms with van der Waals surface area (Å²) in [6, 6.07) is 9.57. The standard InChI is InChI=1S/C22H29ClN2O4S/c1-15-17(23)8-6-9-18(15)24-22(30)25(10-7-11-26-2)14-16-12-19(27-3)21(29-5)20(13-16)28-4/h6,8-9,12-13H,7,10-11,14H2,1-5H3,(H,24,30). The SMILES string of the molecule is COCCCN(Cc1cc(OC)c(OC)c(OC)c1)C(=S)Nc1cccc(Cl)c1C. The summed E-state index contributed by atoms with van der Waals surface area (Å²) in [5, 5.41) is 4.62. The van der Waals surface area contributed by atoms with Crippen molar-refractivity contribution in [3.63, 3.8) is 0 Å². The van der Waals surface area contributed by atoms with Gasteiger partial charge >= 0.3 is 0 Å². The number of nitrogens with one attached hydrogen (secondary N) is 1. The molecule has 2 rings (SSSR count). The van der Waals surface area contributed by atoms with Gasteiger partial charge in [-0.05, 0) is 61.0 Å². The van der Waals surface area contributed by atoms with E-state index in [4.69, 9.17) is 42.8 Å². The first kappa shape index (κ1) is 24.1. The van der Waals surface area contributed by atoms with Crippen LogP contribution in [0.4, 0.5) is 5.69 Å². The molecule has 0 amide bonds. The number of nitrogens with zero attached hydrogens (tertiary/aromatic N) is 1. The van der Waals surface area contributed by atoms with Gasteiger partial charge in [-0.2, -0.15) is 0 Å². The second-order valence-electron chi connectivity index (χ2n) is 6.64. The molecule has 2 aromatic rings. The highest BCUT2D eigenvalue weighted by molar-refractivity contribution is 7.80. The van der Waals surface area contributed by atoms with Crippen molar-refractivity contribution in [2.75, 3.05) is 46.9 Å². The number of halogens is 1. The lowest BCUT2D eigenvalue weighted by Gasteiger charge is -2.27. The van der Waals surface area contributed by atoms with Gasteiger partial charge in [-0.1, -0.05) is 17.7 Å². The minimum atomic E-state index is 0.560. The van der Waals surface area contributed by atoms with Crippen LogP contribution in [0.3, 0.4) is 0 Å². The third-order valence-corrected chi connectivity index (χ3v) is 5.44. The van der Waals surface area contributed by atoms with Gasteiger partial charge in [0.15, 0.2) is 16.6 Å². The number of hydrogen-bond acceptors (Lipinski definition) is 5.